The van der Waals surface area contributed by atoms with Crippen LogP contribution in [0.1, 0.15) is 0 Å². The van der Waals surface area contributed by atoms with Gasteiger partial charge in [-0.25, -0.2) is 9.37 Å². The number of morpholine rings is 1. The van der Waals surface area contributed by atoms with Crippen LogP contribution in [0.4, 0.5) is 21.6 Å². The predicted octanol–water partition coefficient (Wildman–Crippen LogP) is 3.20. The minimum Gasteiger partial charge on any atom is -0.378 e. The third-order valence-electron chi connectivity index (χ3n) is 4.39. The Morgan fingerprint density at radius 3 is 2.58 bits per heavy atom. The van der Waals surface area contributed by atoms with Gasteiger partial charge in [0.05, 0.1) is 25.6 Å². The van der Waals surface area contributed by atoms with Gasteiger partial charge in [0, 0.05) is 48.8 Å². The van der Waals surface area contributed by atoms with Crippen LogP contribution in [0.3, 0.4) is 0 Å². The second-order valence-electron chi connectivity index (χ2n) is 6.22. The molecule has 0 aliphatic carbocycles. The van der Waals surface area contributed by atoms with Gasteiger partial charge in [0.15, 0.2) is 0 Å². The minimum absolute atomic E-state index is 0.369. The molecule has 6 nitrogen and oxygen atoms in total. The molecule has 7 heteroatoms. The Morgan fingerprint density at radius 2 is 1.88 bits per heavy atom. The lowest BCUT2D eigenvalue weighted by molar-refractivity contribution is 0.122. The van der Waals surface area contributed by atoms with Crippen molar-refractivity contribution in [2.24, 2.45) is 7.05 Å². The van der Waals surface area contributed by atoms with E-state index in [0.717, 1.165) is 37.6 Å². The fourth-order valence-electron chi connectivity index (χ4n) is 3.01. The fourth-order valence-corrected chi connectivity index (χ4v) is 3.01. The van der Waals surface area contributed by atoms with Crippen molar-refractivity contribution in [1.29, 1.82) is 0 Å². The van der Waals surface area contributed by atoms with Crippen molar-refractivity contribution in [2.75, 3.05) is 36.5 Å². The summed E-state index contributed by atoms with van der Waals surface area (Å²) < 4.78 is 21.1. The van der Waals surface area contributed by atoms with Crippen molar-refractivity contribution in [3.8, 4) is 11.1 Å². The van der Waals surface area contributed by atoms with E-state index in [1.54, 1.807) is 30.2 Å². The first kappa shape index (κ1) is 16.5. The van der Waals surface area contributed by atoms with Gasteiger partial charge in [-0.15, -0.1) is 0 Å². The molecule has 1 saturated heterocycles. The number of aromatic nitrogens is 3. The first-order valence-corrected chi connectivity index (χ1v) is 8.53. The summed E-state index contributed by atoms with van der Waals surface area (Å²) in [7, 11) is 1.80. The highest BCUT2D eigenvalue weighted by Crippen LogP contribution is 2.26. The largest absolute Gasteiger partial charge is 0.378 e. The van der Waals surface area contributed by atoms with Crippen LogP contribution in [0.15, 0.2) is 48.9 Å². The number of nitrogens with zero attached hydrogens (tertiary/aromatic N) is 4. The number of pyridine rings is 1. The van der Waals surface area contributed by atoms with Gasteiger partial charge in [-0.05, 0) is 30.3 Å². The lowest BCUT2D eigenvalue weighted by Gasteiger charge is -2.28. The van der Waals surface area contributed by atoms with Gasteiger partial charge in [-0.2, -0.15) is 5.10 Å². The maximum Gasteiger partial charge on any atom is 0.149 e. The van der Waals surface area contributed by atoms with Crippen LogP contribution in [0.5, 0.6) is 0 Å². The minimum atomic E-state index is -0.369. The summed E-state index contributed by atoms with van der Waals surface area (Å²) >= 11 is 0. The van der Waals surface area contributed by atoms with Crippen molar-refractivity contribution in [2.45, 2.75) is 0 Å². The molecule has 2 aromatic heterocycles. The van der Waals surface area contributed by atoms with Gasteiger partial charge in [-0.1, -0.05) is 0 Å². The number of aryl methyl sites for hydroxylation is 1. The molecule has 26 heavy (non-hydrogen) atoms. The molecule has 0 saturated carbocycles. The molecular formula is C19H20FN5O. The second kappa shape index (κ2) is 7.13. The Morgan fingerprint density at radius 1 is 1.12 bits per heavy atom. The van der Waals surface area contributed by atoms with Crippen molar-refractivity contribution in [1.82, 2.24) is 14.8 Å². The molecule has 3 aromatic rings. The zero-order valence-electron chi connectivity index (χ0n) is 14.5. The van der Waals surface area contributed by atoms with Crippen LogP contribution in [-0.4, -0.2) is 41.1 Å². The standard InChI is InChI=1S/C19H20FN5O/c1-24-13-14(11-22-24)17-10-19(21-12-18(17)20)23-15-2-4-16(5-3-15)25-6-8-26-9-7-25/h2-5,10-13H,6-9H2,1H3,(H,21,23). The van der Waals surface area contributed by atoms with Gasteiger partial charge in [0.25, 0.3) is 0 Å². The van der Waals surface area contributed by atoms with E-state index in [1.807, 2.05) is 12.1 Å². The van der Waals surface area contributed by atoms with Crippen molar-refractivity contribution in [3.63, 3.8) is 0 Å². The summed E-state index contributed by atoms with van der Waals surface area (Å²) in [6, 6.07) is 9.83. The molecule has 1 aromatic carbocycles. The van der Waals surface area contributed by atoms with Crippen LogP contribution in [0.25, 0.3) is 11.1 Å². The molecule has 0 atom stereocenters. The number of ether oxygens (including phenoxy) is 1. The molecule has 134 valence electrons. The number of anilines is 3. The number of nitrogens with one attached hydrogen (secondary N) is 1. The molecule has 1 N–H and O–H groups in total. The molecular weight excluding hydrogens is 333 g/mol. The summed E-state index contributed by atoms with van der Waals surface area (Å²) in [5, 5.41) is 7.33. The summed E-state index contributed by atoms with van der Waals surface area (Å²) in [4.78, 5) is 6.43. The molecule has 0 radical (unpaired) electrons. The molecule has 0 amide bonds. The predicted molar refractivity (Wildman–Crippen MR) is 99.2 cm³/mol. The lowest BCUT2D eigenvalue weighted by atomic mass is 10.1. The first-order chi connectivity index (χ1) is 12.7. The quantitative estimate of drug-likeness (QED) is 0.781. The summed E-state index contributed by atoms with van der Waals surface area (Å²) in [5.74, 6) is 0.218. The summed E-state index contributed by atoms with van der Waals surface area (Å²) in [5.41, 5.74) is 3.26. The Bertz CT molecular complexity index is 887. The maximum atomic E-state index is 14.1. The number of hydrogen-bond acceptors (Lipinski definition) is 5. The van der Waals surface area contributed by atoms with Crippen molar-refractivity contribution < 1.29 is 9.13 Å². The summed E-state index contributed by atoms with van der Waals surface area (Å²) in [6.45, 7) is 3.33. The molecule has 0 unspecified atom stereocenters. The van der Waals surface area contributed by atoms with E-state index in [1.165, 1.54) is 11.9 Å². The van der Waals surface area contributed by atoms with Crippen LogP contribution >= 0.6 is 0 Å². The summed E-state index contributed by atoms with van der Waals surface area (Å²) in [6.07, 6.45) is 4.64. The van der Waals surface area contributed by atoms with Gasteiger partial charge in [-0.3, -0.25) is 4.68 Å². The van der Waals surface area contributed by atoms with E-state index in [0.29, 0.717) is 11.4 Å². The van der Waals surface area contributed by atoms with E-state index in [-0.39, 0.29) is 5.82 Å². The zero-order valence-corrected chi connectivity index (χ0v) is 14.5. The van der Waals surface area contributed by atoms with Gasteiger partial charge >= 0.3 is 0 Å². The molecule has 1 aliphatic rings. The van der Waals surface area contributed by atoms with E-state index >= 15 is 0 Å². The van der Waals surface area contributed by atoms with Crippen LogP contribution < -0.4 is 10.2 Å². The topological polar surface area (TPSA) is 55.2 Å². The molecule has 3 heterocycles. The SMILES string of the molecule is Cn1cc(-c2cc(Nc3ccc(N4CCOCC4)cc3)ncc2F)cn1. The number of hydrogen-bond donors (Lipinski definition) is 1. The highest BCUT2D eigenvalue weighted by molar-refractivity contribution is 5.68. The Kier molecular flexibility index (Phi) is 4.53. The molecule has 1 fully saturated rings. The van der Waals surface area contributed by atoms with E-state index in [9.17, 15) is 4.39 Å². The first-order valence-electron chi connectivity index (χ1n) is 8.53. The zero-order chi connectivity index (χ0) is 17.9. The molecule has 0 bridgehead atoms. The average molecular weight is 353 g/mol. The van der Waals surface area contributed by atoms with Gasteiger partial charge < -0.3 is 15.0 Å². The molecule has 4 rings (SSSR count). The normalized spacial score (nSPS) is 14.5. The van der Waals surface area contributed by atoms with Crippen LogP contribution in [0, 0.1) is 5.82 Å². The van der Waals surface area contributed by atoms with Crippen molar-refractivity contribution >= 4 is 17.2 Å². The number of halogens is 1. The number of rotatable bonds is 4. The Hall–Kier alpha value is -2.93. The third kappa shape index (κ3) is 3.52. The Balaban J connectivity index is 1.52. The van der Waals surface area contributed by atoms with Crippen molar-refractivity contribution in [3.05, 3.63) is 54.7 Å². The third-order valence-corrected chi connectivity index (χ3v) is 4.39. The Labute approximate surface area is 151 Å². The highest BCUT2D eigenvalue weighted by Gasteiger charge is 2.12. The van der Waals surface area contributed by atoms with Crippen LogP contribution in [0.2, 0.25) is 0 Å². The smallest absolute Gasteiger partial charge is 0.149 e. The molecule has 1 aliphatic heterocycles. The van der Waals surface area contributed by atoms with Crippen LogP contribution in [-0.2, 0) is 11.8 Å². The van der Waals surface area contributed by atoms with Gasteiger partial charge in [0.1, 0.15) is 11.6 Å². The monoisotopic (exact) mass is 353 g/mol. The lowest BCUT2D eigenvalue weighted by Crippen LogP contribution is -2.36. The average Bonchev–Trinajstić information content (AvgIpc) is 3.11. The fraction of sp³-hybridized carbons (Fsp3) is 0.263. The second-order valence-corrected chi connectivity index (χ2v) is 6.22. The van der Waals surface area contributed by atoms with Gasteiger partial charge in [0.2, 0.25) is 0 Å². The van der Waals surface area contributed by atoms with E-state index in [4.69, 9.17) is 4.74 Å². The molecule has 0 spiro atoms. The van der Waals surface area contributed by atoms with E-state index in [2.05, 4.69) is 32.4 Å². The maximum absolute atomic E-state index is 14.1. The van der Waals surface area contributed by atoms with E-state index < -0.39 is 0 Å². The highest BCUT2D eigenvalue weighted by atomic mass is 19.1. The number of benzene rings is 1.